The quantitative estimate of drug-likeness (QED) is 0.688. The Balaban J connectivity index is 2.50. The number of methoxy groups -OCH3 is 1. The van der Waals surface area contributed by atoms with Gasteiger partial charge in [-0.05, 0) is 18.6 Å². The van der Waals surface area contributed by atoms with Crippen LogP contribution >= 0.6 is 0 Å². The Morgan fingerprint density at radius 2 is 2.15 bits per heavy atom. The molecule has 7 nitrogen and oxygen atoms in total. The third kappa shape index (κ3) is 5.47. The van der Waals surface area contributed by atoms with Crippen LogP contribution in [0.2, 0.25) is 0 Å². The van der Waals surface area contributed by atoms with E-state index in [0.29, 0.717) is 5.69 Å². The molecule has 0 saturated heterocycles. The van der Waals surface area contributed by atoms with Crippen molar-refractivity contribution in [3.63, 3.8) is 0 Å². The molecule has 1 atom stereocenters. The molecule has 0 fully saturated rings. The molecule has 1 aromatic rings. The summed E-state index contributed by atoms with van der Waals surface area (Å²) in [5.41, 5.74) is 0.544. The maximum Gasteiger partial charge on any atom is 0.326 e. The fraction of sp³-hybridized carbons (Fsp3) is 0.385. The molecule has 0 spiro atoms. The Bertz CT molecular complexity index is 475. The Hall–Kier alpha value is -2.44. The Morgan fingerprint density at radius 1 is 1.40 bits per heavy atom. The smallest absolute Gasteiger partial charge is 0.326 e. The van der Waals surface area contributed by atoms with Crippen molar-refractivity contribution in [3.05, 3.63) is 30.1 Å². The van der Waals surface area contributed by atoms with Gasteiger partial charge in [-0.1, -0.05) is 6.07 Å². The molecule has 0 bridgehead atoms. The minimum atomic E-state index is -1.19. The van der Waals surface area contributed by atoms with Crippen molar-refractivity contribution in [2.45, 2.75) is 25.3 Å². The largest absolute Gasteiger partial charge is 0.480 e. The Kier molecular flexibility index (Phi) is 6.15. The van der Waals surface area contributed by atoms with Crippen molar-refractivity contribution in [1.82, 2.24) is 10.3 Å². The Labute approximate surface area is 116 Å². The molecular weight excluding hydrogens is 264 g/mol. The number of carboxylic acids is 1. The van der Waals surface area contributed by atoms with Crippen LogP contribution in [0.4, 0.5) is 0 Å². The van der Waals surface area contributed by atoms with Crippen LogP contribution < -0.4 is 5.32 Å². The van der Waals surface area contributed by atoms with Crippen LogP contribution in [0.15, 0.2) is 24.4 Å². The molecule has 108 valence electrons. The van der Waals surface area contributed by atoms with Gasteiger partial charge in [-0.3, -0.25) is 14.6 Å². The number of carboxylic acid groups (broad SMARTS) is 1. The molecule has 0 unspecified atom stereocenters. The van der Waals surface area contributed by atoms with Crippen molar-refractivity contribution >= 4 is 17.8 Å². The second-order valence-electron chi connectivity index (χ2n) is 4.07. The average Bonchev–Trinajstić information content (AvgIpc) is 2.43. The number of hydrogen-bond donors (Lipinski definition) is 2. The van der Waals surface area contributed by atoms with E-state index >= 15 is 0 Å². The minimum absolute atomic E-state index is 0.0111. The number of esters is 1. The lowest BCUT2D eigenvalue weighted by atomic mass is 10.1. The topological polar surface area (TPSA) is 106 Å². The number of hydrogen-bond acceptors (Lipinski definition) is 5. The summed E-state index contributed by atoms with van der Waals surface area (Å²) in [5, 5.41) is 11.3. The summed E-state index contributed by atoms with van der Waals surface area (Å²) >= 11 is 0. The predicted molar refractivity (Wildman–Crippen MR) is 68.8 cm³/mol. The molecule has 0 aliphatic rings. The van der Waals surface area contributed by atoms with Crippen molar-refractivity contribution in [1.29, 1.82) is 0 Å². The maximum absolute atomic E-state index is 11.7. The predicted octanol–water partition coefficient (Wildman–Crippen LogP) is 0.147. The number of nitrogens with one attached hydrogen (secondary N) is 1. The van der Waals surface area contributed by atoms with E-state index in [1.165, 1.54) is 7.11 Å². The lowest BCUT2D eigenvalue weighted by Crippen LogP contribution is -2.41. The molecule has 2 N–H and O–H groups in total. The van der Waals surface area contributed by atoms with E-state index in [9.17, 15) is 14.4 Å². The van der Waals surface area contributed by atoms with Crippen LogP contribution in [0, 0.1) is 0 Å². The van der Waals surface area contributed by atoms with Crippen LogP contribution in [0.1, 0.15) is 18.5 Å². The Morgan fingerprint density at radius 3 is 2.70 bits per heavy atom. The van der Waals surface area contributed by atoms with E-state index < -0.39 is 23.9 Å². The van der Waals surface area contributed by atoms with Gasteiger partial charge in [0.1, 0.15) is 6.04 Å². The van der Waals surface area contributed by atoms with Crippen molar-refractivity contribution in [2.75, 3.05) is 7.11 Å². The van der Waals surface area contributed by atoms with Gasteiger partial charge in [0, 0.05) is 18.3 Å². The van der Waals surface area contributed by atoms with E-state index in [-0.39, 0.29) is 19.3 Å². The van der Waals surface area contributed by atoms with Gasteiger partial charge in [-0.2, -0.15) is 0 Å². The number of carbonyl (C=O) groups is 3. The zero-order valence-electron chi connectivity index (χ0n) is 11.0. The van der Waals surface area contributed by atoms with Gasteiger partial charge in [0.2, 0.25) is 5.91 Å². The summed E-state index contributed by atoms with van der Waals surface area (Å²) in [6.45, 7) is 0. The number of pyridine rings is 1. The number of carbonyl (C=O) groups excluding carboxylic acids is 2. The number of ether oxygens (including phenoxy) is 1. The minimum Gasteiger partial charge on any atom is -0.480 e. The number of nitrogens with zero attached hydrogens (tertiary/aromatic N) is 1. The molecule has 0 radical (unpaired) electrons. The standard InChI is InChI=1S/C13H16N2O5/c1-20-12(17)6-5-10(13(18)19)15-11(16)8-9-4-2-3-7-14-9/h2-4,7,10H,5-6,8H2,1H3,(H,15,16)(H,18,19)/t10-/m0/s1. The van der Waals surface area contributed by atoms with E-state index in [1.807, 2.05) is 0 Å². The third-order valence-electron chi connectivity index (χ3n) is 2.57. The number of aromatic nitrogens is 1. The van der Waals surface area contributed by atoms with Crippen molar-refractivity contribution < 1.29 is 24.2 Å². The number of aliphatic carboxylic acids is 1. The number of rotatable bonds is 7. The van der Waals surface area contributed by atoms with Crippen LogP contribution in [0.5, 0.6) is 0 Å². The molecule has 1 amide bonds. The van der Waals surface area contributed by atoms with Crippen LogP contribution in [-0.2, 0) is 25.5 Å². The summed E-state index contributed by atoms with van der Waals surface area (Å²) < 4.78 is 4.43. The summed E-state index contributed by atoms with van der Waals surface area (Å²) in [4.78, 5) is 37.7. The lowest BCUT2D eigenvalue weighted by molar-refractivity contribution is -0.144. The van der Waals surface area contributed by atoms with Crippen LogP contribution in [-0.4, -0.2) is 41.1 Å². The van der Waals surface area contributed by atoms with Crippen LogP contribution in [0.25, 0.3) is 0 Å². The van der Waals surface area contributed by atoms with E-state index in [1.54, 1.807) is 24.4 Å². The maximum atomic E-state index is 11.7. The van der Waals surface area contributed by atoms with Gasteiger partial charge in [0.05, 0.1) is 13.5 Å². The SMILES string of the molecule is COC(=O)CC[C@H](NC(=O)Cc1ccccn1)C(=O)O. The van der Waals surface area contributed by atoms with E-state index in [0.717, 1.165) is 0 Å². The average molecular weight is 280 g/mol. The molecule has 20 heavy (non-hydrogen) atoms. The first kappa shape index (κ1) is 15.6. The molecule has 0 aliphatic heterocycles. The van der Waals surface area contributed by atoms with Crippen LogP contribution in [0.3, 0.4) is 0 Å². The summed E-state index contributed by atoms with van der Waals surface area (Å²) in [5.74, 6) is -2.17. The molecule has 1 aromatic heterocycles. The van der Waals surface area contributed by atoms with Gasteiger partial charge in [0.25, 0.3) is 0 Å². The van der Waals surface area contributed by atoms with Crippen molar-refractivity contribution in [2.24, 2.45) is 0 Å². The highest BCUT2D eigenvalue weighted by atomic mass is 16.5. The summed E-state index contributed by atoms with van der Waals surface area (Å²) in [7, 11) is 1.22. The molecule has 1 rings (SSSR count). The van der Waals surface area contributed by atoms with Gasteiger partial charge in [-0.15, -0.1) is 0 Å². The molecule has 1 heterocycles. The first-order valence-electron chi connectivity index (χ1n) is 6.02. The van der Waals surface area contributed by atoms with Gasteiger partial charge >= 0.3 is 11.9 Å². The highest BCUT2D eigenvalue weighted by Gasteiger charge is 2.21. The first-order valence-corrected chi connectivity index (χ1v) is 6.02. The van der Waals surface area contributed by atoms with E-state index in [4.69, 9.17) is 5.11 Å². The third-order valence-corrected chi connectivity index (χ3v) is 2.57. The van der Waals surface area contributed by atoms with Gasteiger partial charge in [-0.25, -0.2) is 4.79 Å². The highest BCUT2D eigenvalue weighted by molar-refractivity contribution is 5.85. The highest BCUT2D eigenvalue weighted by Crippen LogP contribution is 2.01. The zero-order valence-corrected chi connectivity index (χ0v) is 11.0. The zero-order chi connectivity index (χ0) is 15.0. The van der Waals surface area contributed by atoms with E-state index in [2.05, 4.69) is 15.0 Å². The monoisotopic (exact) mass is 280 g/mol. The molecule has 7 heteroatoms. The molecular formula is C13H16N2O5. The van der Waals surface area contributed by atoms with Gasteiger partial charge < -0.3 is 15.2 Å². The second-order valence-corrected chi connectivity index (χ2v) is 4.07. The lowest BCUT2D eigenvalue weighted by Gasteiger charge is -2.13. The second kappa shape index (κ2) is 7.88. The molecule has 0 saturated carbocycles. The number of amides is 1. The summed E-state index contributed by atoms with van der Waals surface area (Å²) in [6, 6.07) is 4.01. The molecule has 0 aliphatic carbocycles. The van der Waals surface area contributed by atoms with Crippen molar-refractivity contribution in [3.8, 4) is 0 Å². The fourth-order valence-electron chi connectivity index (χ4n) is 1.53. The first-order chi connectivity index (χ1) is 9.52. The molecule has 0 aromatic carbocycles. The fourth-order valence-corrected chi connectivity index (χ4v) is 1.53. The van der Waals surface area contributed by atoms with Gasteiger partial charge in [0.15, 0.2) is 0 Å². The summed E-state index contributed by atoms with van der Waals surface area (Å²) in [6.07, 6.45) is 1.45. The normalized spacial score (nSPS) is 11.4.